The SMILES string of the molecule is CCC(C(=O)NC1CCCCC1)N(Cc1cccc(C)c1)C(=O)CSc1ccccc1. The van der Waals surface area contributed by atoms with Gasteiger partial charge in [0, 0.05) is 17.5 Å². The lowest BCUT2D eigenvalue weighted by molar-refractivity contribution is -0.139. The molecule has 0 radical (unpaired) electrons. The number of carbonyl (C=O) groups is 2. The third-order valence-electron chi connectivity index (χ3n) is 5.88. The Bertz CT molecular complexity index is 849. The lowest BCUT2D eigenvalue weighted by atomic mass is 9.95. The molecule has 0 spiro atoms. The quantitative estimate of drug-likeness (QED) is 0.537. The maximum absolute atomic E-state index is 13.3. The summed E-state index contributed by atoms with van der Waals surface area (Å²) in [6, 6.07) is 17.9. The van der Waals surface area contributed by atoms with Crippen molar-refractivity contribution < 1.29 is 9.59 Å². The van der Waals surface area contributed by atoms with Gasteiger partial charge in [-0.3, -0.25) is 9.59 Å². The van der Waals surface area contributed by atoms with Crippen LogP contribution in [0.4, 0.5) is 0 Å². The molecule has 1 aliphatic carbocycles. The van der Waals surface area contributed by atoms with E-state index in [4.69, 9.17) is 0 Å². The zero-order chi connectivity index (χ0) is 22.1. The standard InChI is InChI=1S/C26H34N2O2S/c1-3-24(26(30)27-22-13-6-4-7-14-22)28(18-21-12-10-11-20(2)17-21)25(29)19-31-23-15-8-5-9-16-23/h5,8-12,15-17,22,24H,3-4,6-7,13-14,18-19H2,1-2H3,(H,27,30). The Morgan fingerprint density at radius 1 is 1.06 bits per heavy atom. The summed E-state index contributed by atoms with van der Waals surface area (Å²) in [5, 5.41) is 3.24. The molecule has 1 atom stereocenters. The summed E-state index contributed by atoms with van der Waals surface area (Å²) in [6.45, 7) is 4.49. The molecule has 0 aliphatic heterocycles. The fourth-order valence-electron chi connectivity index (χ4n) is 4.22. The first-order valence-corrected chi connectivity index (χ1v) is 12.4. The summed E-state index contributed by atoms with van der Waals surface area (Å²) < 4.78 is 0. The van der Waals surface area contributed by atoms with Gasteiger partial charge in [0.2, 0.25) is 11.8 Å². The van der Waals surface area contributed by atoms with Crippen LogP contribution in [0.5, 0.6) is 0 Å². The van der Waals surface area contributed by atoms with Gasteiger partial charge < -0.3 is 10.2 Å². The molecule has 2 amide bonds. The second-order valence-electron chi connectivity index (χ2n) is 8.38. The summed E-state index contributed by atoms with van der Waals surface area (Å²) in [7, 11) is 0. The second-order valence-corrected chi connectivity index (χ2v) is 9.43. The van der Waals surface area contributed by atoms with Gasteiger partial charge >= 0.3 is 0 Å². The van der Waals surface area contributed by atoms with Crippen LogP contribution in [0.2, 0.25) is 0 Å². The third-order valence-corrected chi connectivity index (χ3v) is 6.88. The Balaban J connectivity index is 1.74. The van der Waals surface area contributed by atoms with Gasteiger partial charge in [-0.2, -0.15) is 0 Å². The summed E-state index contributed by atoms with van der Waals surface area (Å²) in [4.78, 5) is 29.4. The number of benzene rings is 2. The summed E-state index contributed by atoms with van der Waals surface area (Å²) in [5.74, 6) is 0.310. The molecule has 5 heteroatoms. The molecular weight excluding hydrogens is 404 g/mol. The molecule has 1 fully saturated rings. The van der Waals surface area contributed by atoms with Crippen LogP contribution in [0, 0.1) is 6.92 Å². The average molecular weight is 439 g/mol. The summed E-state index contributed by atoms with van der Waals surface area (Å²) in [5.41, 5.74) is 2.21. The molecule has 2 aromatic rings. The van der Waals surface area contributed by atoms with E-state index < -0.39 is 6.04 Å². The highest BCUT2D eigenvalue weighted by molar-refractivity contribution is 8.00. The molecule has 3 rings (SSSR count). The predicted octanol–water partition coefficient (Wildman–Crippen LogP) is 5.34. The minimum Gasteiger partial charge on any atom is -0.352 e. The molecule has 0 bridgehead atoms. The van der Waals surface area contributed by atoms with Crippen molar-refractivity contribution in [2.24, 2.45) is 0 Å². The molecule has 2 aromatic carbocycles. The summed E-state index contributed by atoms with van der Waals surface area (Å²) in [6.07, 6.45) is 6.27. The number of amides is 2. The Kier molecular flexibility index (Phi) is 9.01. The van der Waals surface area contributed by atoms with Crippen LogP contribution in [0.3, 0.4) is 0 Å². The van der Waals surface area contributed by atoms with Gasteiger partial charge in [0.15, 0.2) is 0 Å². The smallest absolute Gasteiger partial charge is 0.243 e. The molecule has 1 unspecified atom stereocenters. The maximum atomic E-state index is 13.3. The van der Waals surface area contributed by atoms with Crippen LogP contribution >= 0.6 is 11.8 Å². The second kappa shape index (κ2) is 11.9. The van der Waals surface area contributed by atoms with Crippen LogP contribution in [-0.2, 0) is 16.1 Å². The van der Waals surface area contributed by atoms with Crippen molar-refractivity contribution >= 4 is 23.6 Å². The number of nitrogens with zero attached hydrogens (tertiary/aromatic N) is 1. The van der Waals surface area contributed by atoms with E-state index in [-0.39, 0.29) is 17.9 Å². The first-order valence-electron chi connectivity index (χ1n) is 11.4. The number of carbonyl (C=O) groups excluding carboxylic acids is 2. The summed E-state index contributed by atoms with van der Waals surface area (Å²) >= 11 is 1.52. The van der Waals surface area contributed by atoms with Gasteiger partial charge in [-0.05, 0) is 43.9 Å². The first-order chi connectivity index (χ1) is 15.1. The van der Waals surface area contributed by atoms with Crippen LogP contribution in [0.25, 0.3) is 0 Å². The number of thioether (sulfide) groups is 1. The monoisotopic (exact) mass is 438 g/mol. The predicted molar refractivity (Wildman–Crippen MR) is 128 cm³/mol. The van der Waals surface area contributed by atoms with Crippen molar-refractivity contribution in [3.05, 3.63) is 65.7 Å². The number of rotatable bonds is 9. The lowest BCUT2D eigenvalue weighted by Gasteiger charge is -2.32. The number of hydrogen-bond acceptors (Lipinski definition) is 3. The first kappa shape index (κ1) is 23.4. The molecule has 1 saturated carbocycles. The Labute approximate surface area is 190 Å². The molecule has 4 nitrogen and oxygen atoms in total. The van der Waals surface area contributed by atoms with Crippen LogP contribution in [0.1, 0.15) is 56.6 Å². The highest BCUT2D eigenvalue weighted by Gasteiger charge is 2.30. The molecule has 0 heterocycles. The maximum Gasteiger partial charge on any atom is 0.243 e. The molecular formula is C26H34N2O2S. The van der Waals surface area contributed by atoms with Crippen molar-refractivity contribution in [2.75, 3.05) is 5.75 Å². The largest absolute Gasteiger partial charge is 0.352 e. The van der Waals surface area contributed by atoms with Crippen molar-refractivity contribution in [1.82, 2.24) is 10.2 Å². The van der Waals surface area contributed by atoms with Gasteiger partial charge in [0.1, 0.15) is 6.04 Å². The van der Waals surface area contributed by atoms with Crippen LogP contribution in [0.15, 0.2) is 59.5 Å². The topological polar surface area (TPSA) is 49.4 Å². The highest BCUT2D eigenvalue weighted by Crippen LogP contribution is 2.22. The highest BCUT2D eigenvalue weighted by atomic mass is 32.2. The van der Waals surface area contributed by atoms with Crippen molar-refractivity contribution in [3.63, 3.8) is 0 Å². The fourth-order valence-corrected chi connectivity index (χ4v) is 5.02. The van der Waals surface area contributed by atoms with E-state index in [1.54, 1.807) is 4.90 Å². The zero-order valence-electron chi connectivity index (χ0n) is 18.7. The Morgan fingerprint density at radius 3 is 2.48 bits per heavy atom. The molecule has 31 heavy (non-hydrogen) atoms. The average Bonchev–Trinajstić information content (AvgIpc) is 2.79. The van der Waals surface area contributed by atoms with Gasteiger partial charge in [-0.25, -0.2) is 0 Å². The van der Waals surface area contributed by atoms with Gasteiger partial charge in [0.05, 0.1) is 5.75 Å². The van der Waals surface area contributed by atoms with E-state index in [9.17, 15) is 9.59 Å². The molecule has 1 aliphatic rings. The Morgan fingerprint density at radius 2 is 1.81 bits per heavy atom. The minimum atomic E-state index is -0.452. The van der Waals surface area contributed by atoms with Gasteiger partial charge in [-0.15, -0.1) is 11.8 Å². The number of hydrogen-bond donors (Lipinski definition) is 1. The van der Waals surface area contributed by atoms with Crippen molar-refractivity contribution in [3.8, 4) is 0 Å². The molecule has 0 saturated heterocycles. The molecule has 0 aromatic heterocycles. The van der Waals surface area contributed by atoms with E-state index in [1.807, 2.05) is 62.4 Å². The lowest BCUT2D eigenvalue weighted by Crippen LogP contribution is -2.52. The van der Waals surface area contributed by atoms with E-state index in [1.165, 1.54) is 31.0 Å². The zero-order valence-corrected chi connectivity index (χ0v) is 19.5. The Hall–Kier alpha value is -2.27. The van der Waals surface area contributed by atoms with Crippen molar-refractivity contribution in [1.29, 1.82) is 0 Å². The van der Waals surface area contributed by atoms with Crippen LogP contribution < -0.4 is 5.32 Å². The number of aryl methyl sites for hydroxylation is 1. The minimum absolute atomic E-state index is 0.000929. The van der Waals surface area contributed by atoms with E-state index in [0.717, 1.165) is 28.9 Å². The van der Waals surface area contributed by atoms with E-state index in [2.05, 4.69) is 11.4 Å². The normalized spacial score (nSPS) is 15.3. The molecule has 166 valence electrons. The van der Waals surface area contributed by atoms with Gasteiger partial charge in [0.25, 0.3) is 0 Å². The van der Waals surface area contributed by atoms with Crippen LogP contribution in [-0.4, -0.2) is 34.6 Å². The third kappa shape index (κ3) is 7.13. The van der Waals surface area contributed by atoms with Crippen molar-refractivity contribution in [2.45, 2.75) is 75.9 Å². The van der Waals surface area contributed by atoms with E-state index >= 15 is 0 Å². The molecule has 1 N–H and O–H groups in total. The van der Waals surface area contributed by atoms with E-state index in [0.29, 0.717) is 18.7 Å². The fraction of sp³-hybridized carbons (Fsp3) is 0.462. The van der Waals surface area contributed by atoms with Gasteiger partial charge in [-0.1, -0.05) is 74.2 Å². The number of nitrogens with one attached hydrogen (secondary N) is 1.